The van der Waals surface area contributed by atoms with Crippen molar-refractivity contribution in [3.8, 4) is 0 Å². The molecule has 0 saturated heterocycles. The lowest BCUT2D eigenvalue weighted by Gasteiger charge is -2.36. The van der Waals surface area contributed by atoms with Gasteiger partial charge >= 0.3 is 0 Å². The number of aliphatic hydroxyl groups excluding tert-OH is 1. The summed E-state index contributed by atoms with van der Waals surface area (Å²) in [5.41, 5.74) is -0.126. The molecule has 2 fully saturated rings. The van der Waals surface area contributed by atoms with Crippen LogP contribution in [0.5, 0.6) is 0 Å². The minimum Gasteiger partial charge on any atom is -0.394 e. The zero-order valence-corrected chi connectivity index (χ0v) is 10.9. The first kappa shape index (κ1) is 12.3. The fourth-order valence-corrected chi connectivity index (χ4v) is 2.49. The maximum Gasteiger partial charge on any atom is 0.0623 e. The molecule has 2 unspecified atom stereocenters. The highest BCUT2D eigenvalue weighted by molar-refractivity contribution is 4.95. The summed E-state index contributed by atoms with van der Waals surface area (Å²) in [6.45, 7) is 5.62. The van der Waals surface area contributed by atoms with E-state index in [1.54, 1.807) is 0 Å². The summed E-state index contributed by atoms with van der Waals surface area (Å²) in [6, 6.07) is 1.31. The van der Waals surface area contributed by atoms with Crippen molar-refractivity contribution in [1.82, 2.24) is 10.2 Å². The van der Waals surface area contributed by atoms with Crippen LogP contribution in [0.1, 0.15) is 39.5 Å². The molecule has 0 heterocycles. The lowest BCUT2D eigenvalue weighted by atomic mass is 10.0. The van der Waals surface area contributed by atoms with Crippen LogP contribution in [-0.4, -0.2) is 47.8 Å². The molecule has 0 aromatic carbocycles. The monoisotopic (exact) mass is 226 g/mol. The zero-order valence-electron chi connectivity index (χ0n) is 10.9. The van der Waals surface area contributed by atoms with Crippen LogP contribution >= 0.6 is 0 Å². The summed E-state index contributed by atoms with van der Waals surface area (Å²) < 4.78 is 0. The molecule has 3 heteroatoms. The van der Waals surface area contributed by atoms with Gasteiger partial charge in [-0.05, 0) is 52.5 Å². The second-order valence-electron chi connectivity index (χ2n) is 6.13. The van der Waals surface area contributed by atoms with E-state index in [1.807, 2.05) is 0 Å². The van der Waals surface area contributed by atoms with E-state index in [-0.39, 0.29) is 12.1 Å². The largest absolute Gasteiger partial charge is 0.394 e. The van der Waals surface area contributed by atoms with Crippen LogP contribution < -0.4 is 5.32 Å². The second kappa shape index (κ2) is 4.63. The van der Waals surface area contributed by atoms with Crippen LogP contribution in [0.2, 0.25) is 0 Å². The summed E-state index contributed by atoms with van der Waals surface area (Å²) in [6.07, 6.45) is 5.32. The van der Waals surface area contributed by atoms with E-state index < -0.39 is 0 Å². The Hall–Kier alpha value is -0.120. The molecule has 2 aliphatic rings. The number of hydrogen-bond acceptors (Lipinski definition) is 3. The van der Waals surface area contributed by atoms with Crippen molar-refractivity contribution in [1.29, 1.82) is 0 Å². The third-order valence-electron chi connectivity index (χ3n) is 4.08. The molecular formula is C13H26N2O. The van der Waals surface area contributed by atoms with Crippen LogP contribution in [0.15, 0.2) is 0 Å². The first-order valence-electron chi connectivity index (χ1n) is 6.63. The highest BCUT2D eigenvalue weighted by Gasteiger charge is 2.36. The molecule has 0 amide bonds. The summed E-state index contributed by atoms with van der Waals surface area (Å²) in [5.74, 6) is 0.897. The first-order valence-corrected chi connectivity index (χ1v) is 6.63. The number of aliphatic hydroxyl groups is 1. The second-order valence-corrected chi connectivity index (χ2v) is 6.13. The quantitative estimate of drug-likeness (QED) is 0.685. The van der Waals surface area contributed by atoms with Crippen molar-refractivity contribution in [3.63, 3.8) is 0 Å². The van der Waals surface area contributed by atoms with Crippen molar-refractivity contribution >= 4 is 0 Å². The van der Waals surface area contributed by atoms with Crippen LogP contribution in [0, 0.1) is 5.92 Å². The molecule has 16 heavy (non-hydrogen) atoms. The average molecular weight is 226 g/mol. The third kappa shape index (κ3) is 3.19. The van der Waals surface area contributed by atoms with E-state index >= 15 is 0 Å². The smallest absolute Gasteiger partial charge is 0.0623 e. The molecule has 0 radical (unpaired) electrons. The summed E-state index contributed by atoms with van der Waals surface area (Å²) >= 11 is 0. The Morgan fingerprint density at radius 3 is 2.44 bits per heavy atom. The number of likely N-dealkylation sites (N-methyl/N-ethyl adjacent to an activating group) is 1. The van der Waals surface area contributed by atoms with E-state index in [4.69, 9.17) is 0 Å². The van der Waals surface area contributed by atoms with Crippen molar-refractivity contribution in [2.75, 3.05) is 20.2 Å². The Morgan fingerprint density at radius 1 is 1.38 bits per heavy atom. The molecule has 2 atom stereocenters. The molecule has 2 N–H and O–H groups in total. The molecule has 2 aliphatic carbocycles. The normalized spacial score (nSPS) is 26.8. The molecule has 0 aromatic rings. The molecule has 0 aliphatic heterocycles. The highest BCUT2D eigenvalue weighted by atomic mass is 16.3. The number of hydrogen-bond donors (Lipinski definition) is 2. The summed E-state index contributed by atoms with van der Waals surface area (Å²) in [7, 11) is 2.19. The van der Waals surface area contributed by atoms with E-state index in [1.165, 1.54) is 25.7 Å². The third-order valence-corrected chi connectivity index (χ3v) is 4.08. The first-order chi connectivity index (χ1) is 7.54. The SMILES string of the molecule is CC(C1CC1)N(C)CC(C)(CO)NC1CC1. The lowest BCUT2D eigenvalue weighted by Crippen LogP contribution is -2.55. The number of rotatable bonds is 7. The van der Waals surface area contributed by atoms with Gasteiger partial charge in [-0.25, -0.2) is 0 Å². The maximum absolute atomic E-state index is 9.56. The van der Waals surface area contributed by atoms with Crippen molar-refractivity contribution in [2.45, 2.75) is 57.2 Å². The fraction of sp³-hybridized carbons (Fsp3) is 1.00. The lowest BCUT2D eigenvalue weighted by molar-refractivity contribution is 0.108. The Labute approximate surface area is 99.2 Å². The van der Waals surface area contributed by atoms with Crippen LogP contribution in [0.25, 0.3) is 0 Å². The summed E-state index contributed by atoms with van der Waals surface area (Å²) in [5, 5.41) is 13.1. The van der Waals surface area contributed by atoms with Crippen LogP contribution in [0.3, 0.4) is 0 Å². The molecule has 3 nitrogen and oxygen atoms in total. The van der Waals surface area contributed by atoms with Gasteiger partial charge in [0, 0.05) is 18.6 Å². The van der Waals surface area contributed by atoms with Gasteiger partial charge in [0.15, 0.2) is 0 Å². The van der Waals surface area contributed by atoms with Crippen molar-refractivity contribution < 1.29 is 5.11 Å². The minimum absolute atomic E-state index is 0.126. The Morgan fingerprint density at radius 2 is 2.00 bits per heavy atom. The number of nitrogens with one attached hydrogen (secondary N) is 1. The topological polar surface area (TPSA) is 35.5 Å². The Balaban J connectivity index is 1.83. The molecule has 0 aromatic heterocycles. The van der Waals surface area contributed by atoms with E-state index in [0.29, 0.717) is 12.1 Å². The fourth-order valence-electron chi connectivity index (χ4n) is 2.49. The number of nitrogens with zero attached hydrogens (tertiary/aromatic N) is 1. The van der Waals surface area contributed by atoms with Crippen molar-refractivity contribution in [2.24, 2.45) is 5.92 Å². The van der Waals surface area contributed by atoms with Gasteiger partial charge in [-0.2, -0.15) is 0 Å². The van der Waals surface area contributed by atoms with Gasteiger partial charge in [-0.3, -0.25) is 0 Å². The molecule has 2 rings (SSSR count). The van der Waals surface area contributed by atoms with Gasteiger partial charge in [0.05, 0.1) is 12.1 Å². The van der Waals surface area contributed by atoms with E-state index in [0.717, 1.165) is 12.5 Å². The van der Waals surface area contributed by atoms with Gasteiger partial charge in [-0.15, -0.1) is 0 Å². The molecule has 0 bridgehead atoms. The molecular weight excluding hydrogens is 200 g/mol. The van der Waals surface area contributed by atoms with E-state index in [9.17, 15) is 5.11 Å². The van der Waals surface area contributed by atoms with Crippen LogP contribution in [-0.2, 0) is 0 Å². The van der Waals surface area contributed by atoms with Gasteiger partial charge in [0.2, 0.25) is 0 Å². The zero-order chi connectivity index (χ0) is 11.8. The predicted octanol–water partition coefficient (Wildman–Crippen LogP) is 1.22. The molecule has 0 spiro atoms. The van der Waals surface area contributed by atoms with Gasteiger partial charge in [-0.1, -0.05) is 0 Å². The van der Waals surface area contributed by atoms with Gasteiger partial charge in [0.1, 0.15) is 0 Å². The average Bonchev–Trinajstić information content (AvgIpc) is 3.09. The molecule has 2 saturated carbocycles. The van der Waals surface area contributed by atoms with Crippen molar-refractivity contribution in [3.05, 3.63) is 0 Å². The Kier molecular flexibility index (Phi) is 3.57. The standard InChI is InChI=1S/C13H26N2O/c1-10(11-4-5-11)15(3)8-13(2,9-16)14-12-6-7-12/h10-12,14,16H,4-9H2,1-3H3. The highest BCUT2D eigenvalue weighted by Crippen LogP contribution is 2.35. The predicted molar refractivity (Wildman–Crippen MR) is 66.5 cm³/mol. The maximum atomic E-state index is 9.56. The Bertz CT molecular complexity index is 238. The minimum atomic E-state index is -0.126. The summed E-state index contributed by atoms with van der Waals surface area (Å²) in [4.78, 5) is 2.41. The molecule has 94 valence electrons. The van der Waals surface area contributed by atoms with Gasteiger partial charge in [0.25, 0.3) is 0 Å². The van der Waals surface area contributed by atoms with Gasteiger partial charge < -0.3 is 15.3 Å². The van der Waals surface area contributed by atoms with E-state index in [2.05, 4.69) is 31.1 Å². The van der Waals surface area contributed by atoms with Crippen LogP contribution in [0.4, 0.5) is 0 Å².